The number of carbonyl (C=O) groups excluding carboxylic acids is 2. The van der Waals surface area contributed by atoms with Crippen LogP contribution in [0.3, 0.4) is 0 Å². The molecule has 1 aliphatic heterocycles. The van der Waals surface area contributed by atoms with Crippen LogP contribution in [0.5, 0.6) is 5.75 Å². The van der Waals surface area contributed by atoms with Gasteiger partial charge >= 0.3 is 5.97 Å². The first kappa shape index (κ1) is 24.8. The maximum absolute atomic E-state index is 13.3. The predicted molar refractivity (Wildman–Crippen MR) is 142 cm³/mol. The second-order valence-corrected chi connectivity index (χ2v) is 9.58. The number of esters is 1. The molecule has 0 atom stereocenters. The minimum atomic E-state index is -0.509. The normalized spacial score (nSPS) is 13.8. The van der Waals surface area contributed by atoms with Crippen LogP contribution in [0, 0.1) is 6.92 Å². The highest BCUT2D eigenvalue weighted by atomic mass is 32.2. The molecule has 1 heterocycles. The predicted octanol–water partition coefficient (Wildman–Crippen LogP) is 5.13. The average molecular weight is 491 g/mol. The molecule has 1 amide bonds. The molecule has 1 N–H and O–H groups in total. The molecule has 182 valence electrons. The fourth-order valence-electron chi connectivity index (χ4n) is 3.99. The Morgan fingerprint density at radius 1 is 0.943 bits per heavy atom. The van der Waals surface area contributed by atoms with Gasteiger partial charge in [0.05, 0.1) is 18.4 Å². The van der Waals surface area contributed by atoms with Gasteiger partial charge in [0.2, 0.25) is 0 Å². The van der Waals surface area contributed by atoms with E-state index in [1.807, 2.05) is 67.2 Å². The molecule has 0 aromatic heterocycles. The maximum atomic E-state index is 13.3. The molecule has 0 aliphatic carbocycles. The second kappa shape index (κ2) is 11.9. The van der Waals surface area contributed by atoms with E-state index in [4.69, 9.17) is 9.47 Å². The van der Waals surface area contributed by atoms with Crippen molar-refractivity contribution in [2.24, 2.45) is 0 Å². The third kappa shape index (κ3) is 6.44. The summed E-state index contributed by atoms with van der Waals surface area (Å²) in [5, 5.41) is 2.92. The minimum Gasteiger partial charge on any atom is -0.492 e. The molecule has 35 heavy (non-hydrogen) atoms. The van der Waals surface area contributed by atoms with Crippen LogP contribution in [0.4, 0.5) is 5.69 Å². The average Bonchev–Trinajstić information content (AvgIpc) is 2.90. The van der Waals surface area contributed by atoms with E-state index in [2.05, 4.69) is 10.2 Å². The molecule has 1 saturated heterocycles. The first-order chi connectivity index (χ1) is 17.0. The Hall–Kier alpha value is -3.29. The smallest absolute Gasteiger partial charge is 0.339 e. The van der Waals surface area contributed by atoms with Gasteiger partial charge in [-0.05, 0) is 47.9 Å². The van der Waals surface area contributed by atoms with E-state index in [9.17, 15) is 9.59 Å². The topological polar surface area (TPSA) is 67.9 Å². The van der Waals surface area contributed by atoms with Crippen LogP contribution in [0.1, 0.15) is 26.3 Å². The summed E-state index contributed by atoms with van der Waals surface area (Å²) in [4.78, 5) is 28.1. The third-order valence-electron chi connectivity index (χ3n) is 6.01. The zero-order chi connectivity index (χ0) is 24.6. The van der Waals surface area contributed by atoms with Crippen LogP contribution in [0.15, 0.2) is 66.7 Å². The zero-order valence-electron chi connectivity index (χ0n) is 20.1. The number of rotatable bonds is 8. The number of methoxy groups -OCH3 is 1. The highest BCUT2D eigenvalue weighted by Crippen LogP contribution is 2.27. The number of nitrogens with one attached hydrogen (secondary N) is 1. The van der Waals surface area contributed by atoms with Crippen LogP contribution in [0.2, 0.25) is 0 Å². The Morgan fingerprint density at radius 3 is 2.46 bits per heavy atom. The van der Waals surface area contributed by atoms with Crippen LogP contribution in [0.25, 0.3) is 11.1 Å². The van der Waals surface area contributed by atoms with Gasteiger partial charge in [-0.25, -0.2) is 4.79 Å². The first-order valence-corrected chi connectivity index (χ1v) is 12.8. The number of thioether (sulfide) groups is 1. The molecule has 3 aromatic carbocycles. The van der Waals surface area contributed by atoms with E-state index in [1.54, 1.807) is 18.2 Å². The van der Waals surface area contributed by atoms with Gasteiger partial charge in [-0.1, -0.05) is 42.5 Å². The van der Waals surface area contributed by atoms with Crippen molar-refractivity contribution in [1.29, 1.82) is 0 Å². The van der Waals surface area contributed by atoms with E-state index < -0.39 is 5.97 Å². The molecule has 1 aliphatic rings. The largest absolute Gasteiger partial charge is 0.492 e. The second-order valence-electron chi connectivity index (χ2n) is 8.35. The van der Waals surface area contributed by atoms with E-state index in [1.165, 1.54) is 7.11 Å². The van der Waals surface area contributed by atoms with Crippen molar-refractivity contribution in [3.63, 3.8) is 0 Å². The standard InChI is InChI=1S/C28H30N2O4S/c1-20-8-10-23(34-15-12-30-13-16-35-17-14-30)19-25(20)27(31)29-26-18-22(21-6-4-3-5-7-21)9-11-24(26)28(32)33-2/h3-11,18-19H,12-17H2,1-2H3,(H,29,31). The van der Waals surface area contributed by atoms with Gasteiger partial charge in [-0.15, -0.1) is 0 Å². The Labute approximate surface area is 210 Å². The monoisotopic (exact) mass is 490 g/mol. The zero-order valence-corrected chi connectivity index (χ0v) is 20.9. The summed E-state index contributed by atoms with van der Waals surface area (Å²) in [6.07, 6.45) is 0. The summed E-state index contributed by atoms with van der Waals surface area (Å²) < 4.78 is 10.9. The van der Waals surface area contributed by atoms with Crippen LogP contribution in [-0.4, -0.2) is 61.6 Å². The molecule has 3 aromatic rings. The number of aryl methyl sites for hydroxylation is 1. The lowest BCUT2D eigenvalue weighted by Crippen LogP contribution is -2.35. The molecule has 0 spiro atoms. The lowest BCUT2D eigenvalue weighted by molar-refractivity contribution is 0.0602. The Morgan fingerprint density at radius 2 is 1.71 bits per heavy atom. The first-order valence-electron chi connectivity index (χ1n) is 11.7. The molecule has 0 radical (unpaired) electrons. The van der Waals surface area contributed by atoms with Gasteiger partial charge in [0.15, 0.2) is 0 Å². The summed E-state index contributed by atoms with van der Waals surface area (Å²) in [7, 11) is 1.33. The lowest BCUT2D eigenvalue weighted by atomic mass is 10.0. The SMILES string of the molecule is COC(=O)c1ccc(-c2ccccc2)cc1NC(=O)c1cc(OCCN2CCSCC2)ccc1C. The molecule has 7 heteroatoms. The van der Waals surface area contributed by atoms with Gasteiger partial charge in [0, 0.05) is 36.7 Å². The summed E-state index contributed by atoms with van der Waals surface area (Å²) in [5.41, 5.74) is 3.89. The summed E-state index contributed by atoms with van der Waals surface area (Å²) >= 11 is 1.98. The highest BCUT2D eigenvalue weighted by molar-refractivity contribution is 7.99. The third-order valence-corrected chi connectivity index (χ3v) is 6.96. The van der Waals surface area contributed by atoms with Gasteiger partial charge in [-0.3, -0.25) is 9.69 Å². The number of amides is 1. The fraction of sp³-hybridized carbons (Fsp3) is 0.286. The molecule has 4 rings (SSSR count). The molecular weight excluding hydrogens is 460 g/mol. The highest BCUT2D eigenvalue weighted by Gasteiger charge is 2.18. The molecule has 1 fully saturated rings. The number of carbonyl (C=O) groups is 2. The lowest BCUT2D eigenvalue weighted by Gasteiger charge is -2.25. The Kier molecular flexibility index (Phi) is 8.45. The van der Waals surface area contributed by atoms with Crippen LogP contribution >= 0.6 is 11.8 Å². The van der Waals surface area contributed by atoms with Crippen molar-refractivity contribution in [2.45, 2.75) is 6.92 Å². The Bertz CT molecular complexity index is 1180. The number of ether oxygens (including phenoxy) is 2. The van der Waals surface area contributed by atoms with Crippen molar-refractivity contribution in [1.82, 2.24) is 4.90 Å². The van der Waals surface area contributed by atoms with E-state index in [0.717, 1.165) is 47.8 Å². The van der Waals surface area contributed by atoms with Gasteiger partial charge in [-0.2, -0.15) is 11.8 Å². The number of hydrogen-bond acceptors (Lipinski definition) is 6. The van der Waals surface area contributed by atoms with Crippen LogP contribution in [-0.2, 0) is 4.74 Å². The molecule has 0 saturated carbocycles. The van der Waals surface area contributed by atoms with Crippen molar-refractivity contribution < 1.29 is 19.1 Å². The fourth-order valence-corrected chi connectivity index (χ4v) is 4.97. The van der Waals surface area contributed by atoms with E-state index in [0.29, 0.717) is 29.2 Å². The molecule has 0 bridgehead atoms. The Balaban J connectivity index is 1.52. The molecule has 6 nitrogen and oxygen atoms in total. The molecule has 0 unspecified atom stereocenters. The van der Waals surface area contributed by atoms with Crippen molar-refractivity contribution >= 4 is 29.3 Å². The summed E-state index contributed by atoms with van der Waals surface area (Å²) in [5.74, 6) is 2.15. The summed E-state index contributed by atoms with van der Waals surface area (Å²) in [6.45, 7) is 5.48. The number of anilines is 1. The van der Waals surface area contributed by atoms with Gasteiger partial charge in [0.25, 0.3) is 5.91 Å². The number of benzene rings is 3. The number of nitrogens with zero attached hydrogens (tertiary/aromatic N) is 1. The molecular formula is C28H30N2O4S. The van der Waals surface area contributed by atoms with Crippen molar-refractivity contribution in [3.8, 4) is 16.9 Å². The quantitative estimate of drug-likeness (QED) is 0.442. The van der Waals surface area contributed by atoms with Gasteiger partial charge < -0.3 is 14.8 Å². The van der Waals surface area contributed by atoms with Crippen LogP contribution < -0.4 is 10.1 Å². The maximum Gasteiger partial charge on any atom is 0.339 e. The van der Waals surface area contributed by atoms with Gasteiger partial charge in [0.1, 0.15) is 12.4 Å². The van der Waals surface area contributed by atoms with Crippen molar-refractivity contribution in [3.05, 3.63) is 83.4 Å². The van der Waals surface area contributed by atoms with E-state index >= 15 is 0 Å². The van der Waals surface area contributed by atoms with Crippen molar-refractivity contribution in [2.75, 3.05) is 50.2 Å². The summed E-state index contributed by atoms with van der Waals surface area (Å²) in [6, 6.07) is 20.6. The minimum absolute atomic E-state index is 0.297. The number of hydrogen-bond donors (Lipinski definition) is 1. The van der Waals surface area contributed by atoms with E-state index in [-0.39, 0.29) is 5.91 Å².